The molecule has 4 heteroatoms. The Bertz CT molecular complexity index is 6610. The van der Waals surface area contributed by atoms with Gasteiger partial charge >= 0.3 is 0 Å². The van der Waals surface area contributed by atoms with Gasteiger partial charge in [0.1, 0.15) is 0 Å². The van der Waals surface area contributed by atoms with Crippen LogP contribution in [-0.2, 0) is 10.8 Å². The van der Waals surface area contributed by atoms with E-state index in [2.05, 4.69) is 362 Å². The SMILES string of the molecule is CC1(C)c2ccccc2N(c2cc3c4ccccc4c(N4c5ccccc5C(C)(C)c5cc6c7c8ccc9c%10ccccc%10ccc9c8ccc7n(-c7ccccc7)c6cc54)cc3c3ccccc23)c2cc3c(cc21)c1c2ccc4c5ccccc5ccc4c2ccc1n3-c1ccccc1. The first kappa shape index (κ1) is 55.6. The van der Waals surface area contributed by atoms with Gasteiger partial charge in [-0.25, -0.2) is 0 Å². The lowest BCUT2D eigenvalue weighted by Gasteiger charge is -2.43. The minimum absolute atomic E-state index is 0.364. The molecule has 0 amide bonds. The highest BCUT2D eigenvalue weighted by molar-refractivity contribution is 6.31. The van der Waals surface area contributed by atoms with Crippen LogP contribution < -0.4 is 9.80 Å². The molecule has 0 aliphatic carbocycles. The molecule has 2 aromatic heterocycles. The van der Waals surface area contributed by atoms with Crippen molar-refractivity contribution in [1.29, 1.82) is 0 Å². The van der Waals surface area contributed by atoms with Crippen LogP contribution in [0.5, 0.6) is 0 Å². The number of rotatable bonds is 4. The zero-order valence-corrected chi connectivity index (χ0v) is 55.8. The number of fused-ring (bicyclic) bond motifs is 27. The minimum Gasteiger partial charge on any atom is -0.309 e. The second-order valence-corrected chi connectivity index (χ2v) is 29.1. The van der Waals surface area contributed by atoms with Gasteiger partial charge in [-0.3, -0.25) is 0 Å². The van der Waals surface area contributed by atoms with Crippen LogP contribution in [0.3, 0.4) is 0 Å². The summed E-state index contributed by atoms with van der Waals surface area (Å²) >= 11 is 0. The van der Waals surface area contributed by atoms with Gasteiger partial charge < -0.3 is 18.9 Å². The normalized spacial score (nSPS) is 14.1. The van der Waals surface area contributed by atoms with Crippen LogP contribution in [0.1, 0.15) is 49.9 Å². The summed E-state index contributed by atoms with van der Waals surface area (Å²) in [5, 5.41) is 27.5. The van der Waals surface area contributed by atoms with E-state index in [4.69, 9.17) is 0 Å². The smallest absolute Gasteiger partial charge is 0.0562 e. The highest BCUT2D eigenvalue weighted by atomic mass is 15.2. The molecule has 0 N–H and O–H groups in total. The van der Waals surface area contributed by atoms with Crippen LogP contribution in [0.15, 0.2) is 315 Å². The maximum absolute atomic E-state index is 2.62. The molecular weight excluding hydrogens is 1210 g/mol. The predicted octanol–water partition coefficient (Wildman–Crippen LogP) is 26.5. The average molecular weight is 1270 g/mol. The Hall–Kier alpha value is -12.5. The standard InChI is InChI=1S/C96H64N4/c1-95(2)79-35-19-21-37-83(79)99(91-55-89-77(51-81(91)95)93-73-45-43-65-61-29-13-11-23-57(61)39-41-67(65)69(73)47-49-85(93)97(89)59-25-7-5-8-26-59)87-53-75-64-32-16-18-34-72(64)88(54-76(75)63-31-15-17-33-71(63)87)100-84-38-22-20-36-80(84)96(3,4)82-52-78-90(56-92(82)100)98(60-27-9-6-10-28-60)86-50-48-70-68-42-40-58-24-12-14-30-62(58)66(68)44-46-74(70)94(78)86/h5-56H,1-4H3. The number of hydrogen-bond donors (Lipinski definition) is 0. The molecule has 100 heavy (non-hydrogen) atoms. The molecule has 0 saturated heterocycles. The van der Waals surface area contributed by atoms with Gasteiger partial charge in [-0.2, -0.15) is 0 Å². The monoisotopic (exact) mass is 1270 g/mol. The Labute approximate surface area is 577 Å². The van der Waals surface area contributed by atoms with E-state index < -0.39 is 0 Å². The first-order valence-corrected chi connectivity index (χ1v) is 35.1. The number of nitrogens with zero attached hydrogens (tertiary/aromatic N) is 4. The summed E-state index contributed by atoms with van der Waals surface area (Å²) in [6.07, 6.45) is 0. The zero-order valence-electron chi connectivity index (χ0n) is 55.8. The maximum atomic E-state index is 2.62. The van der Waals surface area contributed by atoms with E-state index in [0.717, 1.165) is 22.7 Å². The Morgan fingerprint density at radius 3 is 0.950 bits per heavy atom. The lowest BCUT2D eigenvalue weighted by Crippen LogP contribution is -2.31. The van der Waals surface area contributed by atoms with Crippen molar-refractivity contribution in [1.82, 2.24) is 9.13 Å². The second kappa shape index (κ2) is 20.1. The van der Waals surface area contributed by atoms with Crippen molar-refractivity contribution in [3.05, 3.63) is 338 Å². The largest absolute Gasteiger partial charge is 0.309 e. The molecule has 468 valence electrons. The van der Waals surface area contributed by atoms with E-state index in [0.29, 0.717) is 0 Å². The molecule has 0 bridgehead atoms. The van der Waals surface area contributed by atoms with Crippen molar-refractivity contribution in [3.8, 4) is 11.4 Å². The number of hydrogen-bond acceptors (Lipinski definition) is 2. The van der Waals surface area contributed by atoms with E-state index in [1.165, 1.54) is 186 Å². The van der Waals surface area contributed by atoms with Gasteiger partial charge in [-0.15, -0.1) is 0 Å². The molecule has 0 atom stereocenters. The fraction of sp³-hybridized carbons (Fsp3) is 0.0625. The van der Waals surface area contributed by atoms with Crippen molar-refractivity contribution in [3.63, 3.8) is 0 Å². The third-order valence-electron chi connectivity index (χ3n) is 23.3. The molecule has 0 spiro atoms. The van der Waals surface area contributed by atoms with Crippen molar-refractivity contribution < 1.29 is 0 Å². The highest BCUT2D eigenvalue weighted by Crippen LogP contribution is 2.59. The summed E-state index contributed by atoms with van der Waals surface area (Å²) in [6, 6.07) is 120. The van der Waals surface area contributed by atoms with Gasteiger partial charge in [0.2, 0.25) is 0 Å². The van der Waals surface area contributed by atoms with E-state index >= 15 is 0 Å². The van der Waals surface area contributed by atoms with Crippen molar-refractivity contribution in [2.75, 3.05) is 9.80 Å². The number of para-hydroxylation sites is 4. The van der Waals surface area contributed by atoms with Crippen LogP contribution in [-0.4, -0.2) is 9.13 Å². The van der Waals surface area contributed by atoms with Crippen LogP contribution in [0.25, 0.3) is 152 Å². The quantitative estimate of drug-likeness (QED) is 0.163. The van der Waals surface area contributed by atoms with Crippen LogP contribution in [0.2, 0.25) is 0 Å². The fourth-order valence-electron chi connectivity index (χ4n) is 18.7. The van der Waals surface area contributed by atoms with Crippen LogP contribution >= 0.6 is 0 Å². The number of benzene rings is 18. The summed E-state index contributed by atoms with van der Waals surface area (Å²) in [7, 11) is 0. The molecule has 20 aromatic rings. The third kappa shape index (κ3) is 7.39. The van der Waals surface area contributed by atoms with Gasteiger partial charge in [0.05, 0.1) is 56.2 Å². The van der Waals surface area contributed by atoms with Crippen molar-refractivity contribution in [2.45, 2.75) is 38.5 Å². The van der Waals surface area contributed by atoms with Crippen molar-refractivity contribution in [2.24, 2.45) is 0 Å². The molecule has 0 unspecified atom stereocenters. The van der Waals surface area contributed by atoms with Crippen LogP contribution in [0.4, 0.5) is 34.1 Å². The lowest BCUT2D eigenvalue weighted by atomic mass is 9.73. The summed E-state index contributed by atoms with van der Waals surface area (Å²) in [6.45, 7) is 9.74. The minimum atomic E-state index is -0.364. The Morgan fingerprint density at radius 1 is 0.190 bits per heavy atom. The third-order valence-corrected chi connectivity index (χ3v) is 23.3. The average Bonchev–Trinajstić information content (AvgIpc) is 1.38. The summed E-state index contributed by atoms with van der Waals surface area (Å²) in [5.41, 5.74) is 18.5. The molecule has 0 fully saturated rings. The molecule has 22 rings (SSSR count). The van der Waals surface area contributed by atoms with E-state index in [-0.39, 0.29) is 10.8 Å². The molecular formula is C96H64N4. The molecule has 4 nitrogen and oxygen atoms in total. The lowest BCUT2D eigenvalue weighted by molar-refractivity contribution is 0.633. The molecule has 18 aromatic carbocycles. The Balaban J connectivity index is 0.795. The summed E-state index contributed by atoms with van der Waals surface area (Å²) in [5.74, 6) is 0. The topological polar surface area (TPSA) is 16.3 Å². The molecule has 2 aliphatic rings. The first-order valence-electron chi connectivity index (χ1n) is 35.1. The van der Waals surface area contributed by atoms with Crippen molar-refractivity contribution >= 4 is 175 Å². The van der Waals surface area contributed by atoms with Gasteiger partial charge in [0, 0.05) is 54.5 Å². The first-order chi connectivity index (χ1) is 49.2. The summed E-state index contributed by atoms with van der Waals surface area (Å²) < 4.78 is 5.03. The Morgan fingerprint density at radius 2 is 0.510 bits per heavy atom. The van der Waals surface area contributed by atoms with Gasteiger partial charge in [-0.05, 0) is 193 Å². The maximum Gasteiger partial charge on any atom is 0.0562 e. The summed E-state index contributed by atoms with van der Waals surface area (Å²) in [4.78, 5) is 5.24. The molecule has 4 heterocycles. The van der Waals surface area contributed by atoms with Gasteiger partial charge in [0.15, 0.2) is 0 Å². The van der Waals surface area contributed by atoms with Gasteiger partial charge in [0.25, 0.3) is 0 Å². The molecule has 0 saturated carbocycles. The number of aromatic nitrogens is 2. The predicted molar refractivity (Wildman–Crippen MR) is 426 cm³/mol. The zero-order chi connectivity index (χ0) is 66.0. The number of anilines is 6. The van der Waals surface area contributed by atoms with Gasteiger partial charge in [-0.1, -0.05) is 258 Å². The molecule has 0 radical (unpaired) electrons. The van der Waals surface area contributed by atoms with Crippen LogP contribution in [0, 0.1) is 0 Å². The van der Waals surface area contributed by atoms with E-state index in [9.17, 15) is 0 Å². The van der Waals surface area contributed by atoms with E-state index in [1.54, 1.807) is 0 Å². The fourth-order valence-corrected chi connectivity index (χ4v) is 18.7. The highest BCUT2D eigenvalue weighted by Gasteiger charge is 2.41. The molecule has 2 aliphatic heterocycles. The Kier molecular flexibility index (Phi) is 11.2. The van der Waals surface area contributed by atoms with E-state index in [1.807, 2.05) is 0 Å². The second-order valence-electron chi connectivity index (χ2n) is 29.1.